The normalized spacial score (nSPS) is 15.4. The van der Waals surface area contributed by atoms with E-state index < -0.39 is 0 Å². The third-order valence-electron chi connectivity index (χ3n) is 4.45. The molecule has 0 heterocycles. The summed E-state index contributed by atoms with van der Waals surface area (Å²) in [7, 11) is 0. The van der Waals surface area contributed by atoms with Crippen molar-refractivity contribution in [1.82, 2.24) is 0 Å². The number of hydrogen-bond acceptors (Lipinski definition) is 0. The Morgan fingerprint density at radius 3 is 2.06 bits per heavy atom. The molecule has 2 aromatic rings. The van der Waals surface area contributed by atoms with E-state index in [4.69, 9.17) is 0 Å². The lowest BCUT2D eigenvalue weighted by Crippen LogP contribution is -2.15. The number of rotatable bonds is 0. The maximum atomic E-state index is 2.38. The molecular formula is C18H20. The highest BCUT2D eigenvalue weighted by Crippen LogP contribution is 2.49. The van der Waals surface area contributed by atoms with Crippen molar-refractivity contribution in [3.8, 4) is 11.1 Å². The van der Waals surface area contributed by atoms with Gasteiger partial charge in [-0.2, -0.15) is 0 Å². The average Bonchev–Trinajstić information content (AvgIpc) is 2.50. The Balaban J connectivity index is 2.39. The van der Waals surface area contributed by atoms with Gasteiger partial charge in [0.05, 0.1) is 0 Å². The molecule has 92 valence electrons. The van der Waals surface area contributed by atoms with Crippen LogP contribution in [0, 0.1) is 20.8 Å². The summed E-state index contributed by atoms with van der Waals surface area (Å²) in [5.74, 6) is 0. The molecule has 0 N–H and O–H groups in total. The molecule has 0 saturated heterocycles. The topological polar surface area (TPSA) is 0 Å². The molecule has 0 aromatic heterocycles. The van der Waals surface area contributed by atoms with Crippen LogP contribution in [0.15, 0.2) is 30.3 Å². The van der Waals surface area contributed by atoms with Crippen LogP contribution >= 0.6 is 0 Å². The molecule has 0 unspecified atom stereocenters. The molecule has 1 aliphatic rings. The van der Waals surface area contributed by atoms with E-state index in [0.29, 0.717) is 0 Å². The van der Waals surface area contributed by atoms with Crippen molar-refractivity contribution in [2.45, 2.75) is 40.0 Å². The van der Waals surface area contributed by atoms with E-state index >= 15 is 0 Å². The first-order valence-corrected chi connectivity index (χ1v) is 6.64. The van der Waals surface area contributed by atoms with E-state index in [-0.39, 0.29) is 5.41 Å². The predicted molar refractivity (Wildman–Crippen MR) is 78.2 cm³/mol. The van der Waals surface area contributed by atoms with Crippen molar-refractivity contribution in [1.29, 1.82) is 0 Å². The summed E-state index contributed by atoms with van der Waals surface area (Å²) in [6.45, 7) is 11.3. The molecular weight excluding hydrogens is 216 g/mol. The van der Waals surface area contributed by atoms with Crippen LogP contribution in [0.1, 0.15) is 41.7 Å². The molecule has 0 nitrogen and oxygen atoms in total. The Hall–Kier alpha value is -1.56. The second kappa shape index (κ2) is 3.47. The van der Waals surface area contributed by atoms with Gasteiger partial charge in [-0.3, -0.25) is 0 Å². The van der Waals surface area contributed by atoms with Gasteiger partial charge in [-0.25, -0.2) is 0 Å². The molecule has 0 bridgehead atoms. The fourth-order valence-electron chi connectivity index (χ4n) is 3.11. The van der Waals surface area contributed by atoms with Crippen LogP contribution in [-0.4, -0.2) is 0 Å². The number of benzene rings is 2. The standard InChI is InChI=1S/C18H20/c1-11-6-7-14-15-9-12(2)13(3)10-17(15)18(4,5)16(14)8-11/h6-10H,1-5H3. The molecule has 0 spiro atoms. The fraction of sp³-hybridized carbons (Fsp3) is 0.333. The van der Waals surface area contributed by atoms with Gasteiger partial charge in [-0.05, 0) is 54.2 Å². The van der Waals surface area contributed by atoms with Gasteiger partial charge < -0.3 is 0 Å². The van der Waals surface area contributed by atoms with Crippen LogP contribution in [0.3, 0.4) is 0 Å². The van der Waals surface area contributed by atoms with Crippen LogP contribution in [-0.2, 0) is 5.41 Å². The molecule has 18 heavy (non-hydrogen) atoms. The van der Waals surface area contributed by atoms with Crippen LogP contribution in [0.5, 0.6) is 0 Å². The minimum absolute atomic E-state index is 0.134. The van der Waals surface area contributed by atoms with Crippen molar-refractivity contribution in [3.63, 3.8) is 0 Å². The van der Waals surface area contributed by atoms with Gasteiger partial charge in [0.1, 0.15) is 0 Å². The monoisotopic (exact) mass is 236 g/mol. The molecule has 0 atom stereocenters. The quantitative estimate of drug-likeness (QED) is 0.609. The molecule has 0 radical (unpaired) electrons. The van der Waals surface area contributed by atoms with Crippen LogP contribution < -0.4 is 0 Å². The van der Waals surface area contributed by atoms with E-state index in [0.717, 1.165) is 0 Å². The summed E-state index contributed by atoms with van der Waals surface area (Å²) in [5, 5.41) is 0. The first-order chi connectivity index (χ1) is 8.41. The van der Waals surface area contributed by atoms with Crippen LogP contribution in [0.4, 0.5) is 0 Å². The van der Waals surface area contributed by atoms with Crippen LogP contribution in [0.25, 0.3) is 11.1 Å². The zero-order valence-electron chi connectivity index (χ0n) is 11.9. The van der Waals surface area contributed by atoms with E-state index in [1.54, 1.807) is 0 Å². The smallest absolute Gasteiger partial charge is 0.0159 e. The summed E-state index contributed by atoms with van der Waals surface area (Å²) >= 11 is 0. The molecule has 1 aliphatic carbocycles. The minimum atomic E-state index is 0.134. The predicted octanol–water partition coefficient (Wildman–Crippen LogP) is 4.92. The highest BCUT2D eigenvalue weighted by Gasteiger charge is 2.35. The first-order valence-electron chi connectivity index (χ1n) is 6.64. The Bertz CT molecular complexity index is 645. The molecule has 0 heteroatoms. The van der Waals surface area contributed by atoms with Gasteiger partial charge in [0.25, 0.3) is 0 Å². The highest BCUT2D eigenvalue weighted by atomic mass is 14.4. The molecule has 0 aliphatic heterocycles. The third-order valence-corrected chi connectivity index (χ3v) is 4.45. The first kappa shape index (κ1) is 11.5. The molecule has 0 fully saturated rings. The lowest BCUT2D eigenvalue weighted by atomic mass is 9.81. The SMILES string of the molecule is Cc1ccc2c(c1)C(C)(C)c1cc(C)c(C)cc1-2. The highest BCUT2D eigenvalue weighted by molar-refractivity contribution is 5.81. The summed E-state index contributed by atoms with van der Waals surface area (Å²) in [6, 6.07) is 11.6. The van der Waals surface area contributed by atoms with Gasteiger partial charge in [0.2, 0.25) is 0 Å². The fourth-order valence-corrected chi connectivity index (χ4v) is 3.11. The van der Waals surface area contributed by atoms with Gasteiger partial charge in [0, 0.05) is 5.41 Å². The summed E-state index contributed by atoms with van der Waals surface area (Å²) < 4.78 is 0. The van der Waals surface area contributed by atoms with Crippen molar-refractivity contribution in [2.75, 3.05) is 0 Å². The van der Waals surface area contributed by atoms with E-state index in [1.807, 2.05) is 0 Å². The average molecular weight is 236 g/mol. The number of hydrogen-bond donors (Lipinski definition) is 0. The zero-order valence-corrected chi connectivity index (χ0v) is 11.9. The van der Waals surface area contributed by atoms with Gasteiger partial charge in [-0.1, -0.05) is 49.7 Å². The second-order valence-electron chi connectivity index (χ2n) is 6.16. The largest absolute Gasteiger partial charge is 0.0587 e. The van der Waals surface area contributed by atoms with Crippen LogP contribution in [0.2, 0.25) is 0 Å². The summed E-state index contributed by atoms with van der Waals surface area (Å²) in [6.07, 6.45) is 0. The van der Waals surface area contributed by atoms with E-state index in [1.165, 1.54) is 38.9 Å². The lowest BCUT2D eigenvalue weighted by molar-refractivity contribution is 0.659. The molecule has 0 amide bonds. The number of aryl methyl sites for hydroxylation is 3. The van der Waals surface area contributed by atoms with Gasteiger partial charge in [0.15, 0.2) is 0 Å². The maximum absolute atomic E-state index is 2.38. The van der Waals surface area contributed by atoms with Crippen molar-refractivity contribution in [3.05, 3.63) is 58.1 Å². The number of fused-ring (bicyclic) bond motifs is 3. The molecule has 3 rings (SSSR count). The molecule has 2 aromatic carbocycles. The Morgan fingerprint density at radius 1 is 0.722 bits per heavy atom. The van der Waals surface area contributed by atoms with Crippen molar-refractivity contribution < 1.29 is 0 Å². The zero-order chi connectivity index (χ0) is 13.1. The second-order valence-corrected chi connectivity index (χ2v) is 6.16. The Labute approximate surface area is 110 Å². The Morgan fingerprint density at radius 2 is 1.33 bits per heavy atom. The lowest BCUT2D eigenvalue weighted by Gasteiger charge is -2.22. The Kier molecular flexibility index (Phi) is 2.22. The maximum Gasteiger partial charge on any atom is 0.0159 e. The van der Waals surface area contributed by atoms with Gasteiger partial charge >= 0.3 is 0 Å². The summed E-state index contributed by atoms with van der Waals surface area (Å²) in [4.78, 5) is 0. The van der Waals surface area contributed by atoms with E-state index in [9.17, 15) is 0 Å². The minimum Gasteiger partial charge on any atom is -0.0587 e. The van der Waals surface area contributed by atoms with Gasteiger partial charge in [-0.15, -0.1) is 0 Å². The summed E-state index contributed by atoms with van der Waals surface area (Å²) in [5.41, 5.74) is 10.1. The third kappa shape index (κ3) is 1.38. The molecule has 0 saturated carbocycles. The van der Waals surface area contributed by atoms with E-state index in [2.05, 4.69) is 65.0 Å². The van der Waals surface area contributed by atoms with Crippen molar-refractivity contribution in [2.24, 2.45) is 0 Å². The van der Waals surface area contributed by atoms with Crippen molar-refractivity contribution >= 4 is 0 Å².